The molecule has 0 spiro atoms. The van der Waals surface area contributed by atoms with E-state index in [4.69, 9.17) is 20.8 Å². The number of oxazole rings is 1. The minimum absolute atomic E-state index is 0.258. The highest BCUT2D eigenvalue weighted by Crippen LogP contribution is 2.28. The first-order valence-electron chi connectivity index (χ1n) is 8.66. The number of ether oxygens (including phenoxy) is 1. The Hall–Kier alpha value is -3.31. The van der Waals surface area contributed by atoms with Crippen molar-refractivity contribution >= 4 is 34.3 Å². The number of amides is 1. The number of halogens is 1. The predicted molar refractivity (Wildman–Crippen MR) is 110 cm³/mol. The Morgan fingerprint density at radius 1 is 1.07 bits per heavy atom. The maximum atomic E-state index is 12.4. The summed E-state index contributed by atoms with van der Waals surface area (Å²) < 4.78 is 11.0. The summed E-state index contributed by atoms with van der Waals surface area (Å²) in [5.74, 6) is 0.967. The molecule has 0 unspecified atom stereocenters. The number of benzene rings is 3. The average molecular weight is 393 g/mol. The number of fused-ring (bicyclic) bond motifs is 1. The van der Waals surface area contributed by atoms with Crippen molar-refractivity contribution in [3.05, 3.63) is 76.8 Å². The monoisotopic (exact) mass is 392 g/mol. The number of aryl methyl sites for hydroxylation is 1. The van der Waals surface area contributed by atoms with Gasteiger partial charge in [-0.25, -0.2) is 4.98 Å². The number of carbonyl (C=O) groups excluding carboxylic acids is 1. The van der Waals surface area contributed by atoms with Gasteiger partial charge in [0.2, 0.25) is 5.89 Å². The smallest absolute Gasteiger partial charge is 0.257 e. The van der Waals surface area contributed by atoms with Crippen molar-refractivity contribution < 1.29 is 13.9 Å². The topological polar surface area (TPSA) is 64.4 Å². The molecule has 0 aliphatic rings. The van der Waals surface area contributed by atoms with Gasteiger partial charge in [0.1, 0.15) is 11.3 Å². The van der Waals surface area contributed by atoms with E-state index in [1.165, 1.54) is 0 Å². The van der Waals surface area contributed by atoms with Crippen LogP contribution >= 0.6 is 11.6 Å². The van der Waals surface area contributed by atoms with Gasteiger partial charge in [-0.1, -0.05) is 17.7 Å². The number of anilines is 1. The van der Waals surface area contributed by atoms with Crippen LogP contribution in [0.15, 0.2) is 65.1 Å². The Morgan fingerprint density at radius 2 is 1.86 bits per heavy atom. The molecule has 0 radical (unpaired) electrons. The maximum absolute atomic E-state index is 12.4. The van der Waals surface area contributed by atoms with Crippen molar-refractivity contribution in [3.63, 3.8) is 0 Å². The van der Waals surface area contributed by atoms with Gasteiger partial charge in [-0.05, 0) is 61.0 Å². The second-order valence-corrected chi connectivity index (χ2v) is 6.77. The lowest BCUT2D eigenvalue weighted by atomic mass is 10.1. The Kier molecular flexibility index (Phi) is 4.75. The quantitative estimate of drug-likeness (QED) is 0.482. The molecule has 0 bridgehead atoms. The first kappa shape index (κ1) is 18.1. The third-order valence-corrected chi connectivity index (χ3v) is 4.67. The summed E-state index contributed by atoms with van der Waals surface area (Å²) >= 11 is 6.17. The SMILES string of the molecule is COc1ccc2oc(-c3ccc(NC(=O)c4ccc(C)cc4Cl)cc3)nc2c1. The molecule has 5 nitrogen and oxygen atoms in total. The maximum Gasteiger partial charge on any atom is 0.257 e. The van der Waals surface area contributed by atoms with Crippen molar-refractivity contribution in [3.8, 4) is 17.2 Å². The molecule has 1 amide bonds. The zero-order valence-electron chi connectivity index (χ0n) is 15.3. The van der Waals surface area contributed by atoms with E-state index < -0.39 is 0 Å². The van der Waals surface area contributed by atoms with E-state index in [9.17, 15) is 4.79 Å². The highest BCUT2D eigenvalue weighted by atomic mass is 35.5. The van der Waals surface area contributed by atoms with Crippen molar-refractivity contribution in [2.45, 2.75) is 6.92 Å². The van der Waals surface area contributed by atoms with Gasteiger partial charge in [-0.15, -0.1) is 0 Å². The van der Waals surface area contributed by atoms with E-state index in [1.807, 2.05) is 43.3 Å². The molecule has 0 atom stereocenters. The fourth-order valence-corrected chi connectivity index (χ4v) is 3.18. The number of hydrogen-bond donors (Lipinski definition) is 1. The highest BCUT2D eigenvalue weighted by Gasteiger charge is 2.12. The van der Waals surface area contributed by atoms with Crippen LogP contribution in [0.2, 0.25) is 5.02 Å². The number of hydrogen-bond acceptors (Lipinski definition) is 4. The number of nitrogens with one attached hydrogen (secondary N) is 1. The van der Waals surface area contributed by atoms with Gasteiger partial charge in [0, 0.05) is 17.3 Å². The zero-order chi connectivity index (χ0) is 19.7. The number of rotatable bonds is 4. The van der Waals surface area contributed by atoms with Crippen LogP contribution in [0.5, 0.6) is 5.75 Å². The Morgan fingerprint density at radius 3 is 2.57 bits per heavy atom. The summed E-state index contributed by atoms with van der Waals surface area (Å²) in [6, 6.07) is 18.1. The molecule has 140 valence electrons. The zero-order valence-corrected chi connectivity index (χ0v) is 16.1. The summed E-state index contributed by atoms with van der Waals surface area (Å²) in [7, 11) is 1.61. The standard InChI is InChI=1S/C22H17ClN2O3/c1-13-3-9-17(18(23)11-13)21(26)24-15-6-4-14(5-7-15)22-25-19-12-16(27-2)8-10-20(19)28-22/h3-12H,1-2H3,(H,24,26). The summed E-state index contributed by atoms with van der Waals surface area (Å²) in [4.78, 5) is 16.9. The van der Waals surface area contributed by atoms with Gasteiger partial charge in [0.15, 0.2) is 5.58 Å². The molecular weight excluding hydrogens is 376 g/mol. The largest absolute Gasteiger partial charge is 0.497 e. The lowest BCUT2D eigenvalue weighted by molar-refractivity contribution is 0.102. The predicted octanol–water partition coefficient (Wildman–Crippen LogP) is 5.72. The molecule has 1 N–H and O–H groups in total. The van der Waals surface area contributed by atoms with Gasteiger partial charge in [-0.3, -0.25) is 4.79 Å². The van der Waals surface area contributed by atoms with E-state index in [0.29, 0.717) is 27.7 Å². The van der Waals surface area contributed by atoms with Gasteiger partial charge in [0.25, 0.3) is 5.91 Å². The van der Waals surface area contributed by atoms with Crippen molar-refractivity contribution in [1.82, 2.24) is 4.98 Å². The number of aromatic nitrogens is 1. The number of carbonyl (C=O) groups is 1. The first-order chi connectivity index (χ1) is 13.5. The molecule has 6 heteroatoms. The van der Waals surface area contributed by atoms with Crippen LogP contribution in [0, 0.1) is 6.92 Å². The van der Waals surface area contributed by atoms with Gasteiger partial charge in [0.05, 0.1) is 17.7 Å². The summed E-state index contributed by atoms with van der Waals surface area (Å²) in [6.07, 6.45) is 0. The van der Waals surface area contributed by atoms with Crippen LogP contribution in [0.1, 0.15) is 15.9 Å². The molecule has 0 aliphatic carbocycles. The number of nitrogens with zero attached hydrogens (tertiary/aromatic N) is 1. The van der Waals surface area contributed by atoms with E-state index in [0.717, 1.165) is 22.4 Å². The van der Waals surface area contributed by atoms with E-state index >= 15 is 0 Å². The van der Waals surface area contributed by atoms with Crippen LogP contribution in [-0.2, 0) is 0 Å². The molecule has 0 aliphatic heterocycles. The molecule has 3 aromatic carbocycles. The van der Waals surface area contributed by atoms with Crippen LogP contribution in [0.3, 0.4) is 0 Å². The molecule has 1 aromatic heterocycles. The van der Waals surface area contributed by atoms with Gasteiger partial charge < -0.3 is 14.5 Å². The van der Waals surface area contributed by atoms with Gasteiger partial charge >= 0.3 is 0 Å². The second kappa shape index (κ2) is 7.37. The molecule has 0 saturated carbocycles. The number of methoxy groups -OCH3 is 1. The lowest BCUT2D eigenvalue weighted by Gasteiger charge is -2.08. The highest BCUT2D eigenvalue weighted by molar-refractivity contribution is 6.34. The van der Waals surface area contributed by atoms with Crippen molar-refractivity contribution in [2.75, 3.05) is 12.4 Å². The normalized spacial score (nSPS) is 10.8. The molecule has 4 aromatic rings. The van der Waals surface area contributed by atoms with Crippen LogP contribution in [0.4, 0.5) is 5.69 Å². The molecule has 1 heterocycles. The fourth-order valence-electron chi connectivity index (χ4n) is 2.86. The van der Waals surface area contributed by atoms with Gasteiger partial charge in [-0.2, -0.15) is 0 Å². The fraction of sp³-hybridized carbons (Fsp3) is 0.0909. The van der Waals surface area contributed by atoms with E-state index in [2.05, 4.69) is 10.3 Å². The summed E-state index contributed by atoms with van der Waals surface area (Å²) in [6.45, 7) is 1.93. The lowest BCUT2D eigenvalue weighted by Crippen LogP contribution is -2.12. The summed E-state index contributed by atoms with van der Waals surface area (Å²) in [5, 5.41) is 3.27. The Labute approximate surface area is 166 Å². The Balaban J connectivity index is 1.54. The second-order valence-electron chi connectivity index (χ2n) is 6.37. The van der Waals surface area contributed by atoms with Crippen molar-refractivity contribution in [1.29, 1.82) is 0 Å². The van der Waals surface area contributed by atoms with E-state index in [-0.39, 0.29) is 5.91 Å². The minimum atomic E-state index is -0.258. The summed E-state index contributed by atoms with van der Waals surface area (Å²) in [5.41, 5.74) is 4.30. The molecule has 4 rings (SSSR count). The third kappa shape index (κ3) is 3.57. The molecule has 0 fully saturated rings. The van der Waals surface area contributed by atoms with Crippen molar-refractivity contribution in [2.24, 2.45) is 0 Å². The third-order valence-electron chi connectivity index (χ3n) is 4.35. The van der Waals surface area contributed by atoms with Crippen LogP contribution in [-0.4, -0.2) is 18.0 Å². The molecular formula is C22H17ClN2O3. The van der Waals surface area contributed by atoms with Crippen LogP contribution < -0.4 is 10.1 Å². The minimum Gasteiger partial charge on any atom is -0.497 e. The molecule has 28 heavy (non-hydrogen) atoms. The first-order valence-corrected chi connectivity index (χ1v) is 9.04. The van der Waals surface area contributed by atoms with E-state index in [1.54, 1.807) is 31.4 Å². The average Bonchev–Trinajstić information content (AvgIpc) is 3.11. The molecule has 0 saturated heterocycles. The Bertz CT molecular complexity index is 1170. The van der Waals surface area contributed by atoms with Crippen LogP contribution in [0.25, 0.3) is 22.6 Å².